The average molecular weight is 505 g/mol. The molecule has 0 radical (unpaired) electrons. The molecule has 2 heterocycles. The Balaban J connectivity index is 1.79. The number of nitrogens with zero attached hydrogens (tertiary/aromatic N) is 3. The largest absolute Gasteiger partial charge is 0.465 e. The average Bonchev–Trinajstić information content (AvgIpc) is 3.29. The number of benzene rings is 3. The highest BCUT2D eigenvalue weighted by Crippen LogP contribution is 2.34. The number of Topliss-reactive ketones (excluding diaryl/α,β-unsaturated/α-hetero) is 1. The quantitative estimate of drug-likeness (QED) is 0.191. The normalized spacial score (nSPS) is 10.8. The summed E-state index contributed by atoms with van der Waals surface area (Å²) in [4.78, 5) is 45.1. The third-order valence-corrected chi connectivity index (χ3v) is 6.17. The number of hydrogen-bond donors (Lipinski definition) is 1. The number of aromatic nitrogens is 3. The summed E-state index contributed by atoms with van der Waals surface area (Å²) in [5.74, 6) is -2.58. The smallest absolute Gasteiger partial charge is 0.339 e. The maximum absolute atomic E-state index is 13.8. The summed E-state index contributed by atoms with van der Waals surface area (Å²) in [5.41, 5.74) is 3.56. The first kappa shape index (κ1) is 24.6. The lowest BCUT2D eigenvalue weighted by Gasteiger charge is -2.15. The van der Waals surface area contributed by atoms with Gasteiger partial charge in [0.2, 0.25) is 0 Å². The van der Waals surface area contributed by atoms with Crippen molar-refractivity contribution in [3.8, 4) is 16.9 Å². The van der Waals surface area contributed by atoms with Gasteiger partial charge in [0.25, 0.3) is 11.7 Å². The number of anilines is 1. The molecule has 0 fully saturated rings. The van der Waals surface area contributed by atoms with Gasteiger partial charge in [0.1, 0.15) is 0 Å². The summed E-state index contributed by atoms with van der Waals surface area (Å²) >= 11 is 0. The fourth-order valence-electron chi connectivity index (χ4n) is 4.34. The van der Waals surface area contributed by atoms with Gasteiger partial charge in [-0.15, -0.1) is 0 Å². The zero-order chi connectivity index (χ0) is 26.8. The van der Waals surface area contributed by atoms with Gasteiger partial charge >= 0.3 is 5.97 Å². The van der Waals surface area contributed by atoms with E-state index < -0.39 is 17.7 Å². The van der Waals surface area contributed by atoms with E-state index in [0.717, 1.165) is 11.3 Å². The number of hydrogen-bond acceptors (Lipinski definition) is 6. The Morgan fingerprint density at radius 1 is 0.816 bits per heavy atom. The van der Waals surface area contributed by atoms with Gasteiger partial charge in [0.15, 0.2) is 5.65 Å². The number of fused-ring (bicyclic) bond motifs is 1. The Morgan fingerprint density at radius 2 is 1.45 bits per heavy atom. The van der Waals surface area contributed by atoms with Crippen LogP contribution in [0.5, 0.6) is 0 Å². The SMILES string of the molecule is COC(=O)c1c(C(=O)C(=O)Nc2ccc(C)cc2)c(-c2ccccc2)nc2c1c(C)nn2-c1ccccc1. The number of amides is 1. The van der Waals surface area contributed by atoms with Crippen molar-refractivity contribution >= 4 is 34.4 Å². The summed E-state index contributed by atoms with van der Waals surface area (Å²) < 4.78 is 6.73. The van der Waals surface area contributed by atoms with Crippen LogP contribution in [-0.2, 0) is 9.53 Å². The van der Waals surface area contributed by atoms with Gasteiger partial charge < -0.3 is 10.1 Å². The molecule has 0 aliphatic rings. The van der Waals surface area contributed by atoms with E-state index in [1.807, 2.05) is 55.5 Å². The second-order valence-corrected chi connectivity index (χ2v) is 8.75. The second-order valence-electron chi connectivity index (χ2n) is 8.75. The number of methoxy groups -OCH3 is 1. The van der Waals surface area contributed by atoms with Gasteiger partial charge in [-0.25, -0.2) is 14.5 Å². The van der Waals surface area contributed by atoms with Crippen LogP contribution in [0.15, 0.2) is 84.9 Å². The van der Waals surface area contributed by atoms with Crippen LogP contribution >= 0.6 is 0 Å². The van der Waals surface area contributed by atoms with Gasteiger partial charge in [-0.1, -0.05) is 66.2 Å². The molecule has 0 atom stereocenters. The number of esters is 1. The first-order valence-corrected chi connectivity index (χ1v) is 11.9. The third kappa shape index (κ3) is 4.43. The summed E-state index contributed by atoms with van der Waals surface area (Å²) in [6.45, 7) is 3.64. The lowest BCUT2D eigenvalue weighted by molar-refractivity contribution is -0.112. The topological polar surface area (TPSA) is 103 Å². The molecule has 3 aromatic carbocycles. The Bertz CT molecular complexity index is 1680. The second kappa shape index (κ2) is 10.1. The lowest BCUT2D eigenvalue weighted by Crippen LogP contribution is -2.26. The molecule has 2 aromatic heterocycles. The molecule has 0 unspecified atom stereocenters. The van der Waals surface area contributed by atoms with E-state index in [4.69, 9.17) is 9.72 Å². The van der Waals surface area contributed by atoms with Crippen molar-refractivity contribution in [2.45, 2.75) is 13.8 Å². The van der Waals surface area contributed by atoms with E-state index in [9.17, 15) is 14.4 Å². The Hall–Kier alpha value is -5.11. The fraction of sp³-hybridized carbons (Fsp3) is 0.100. The molecule has 38 heavy (non-hydrogen) atoms. The van der Waals surface area contributed by atoms with Gasteiger partial charge in [-0.3, -0.25) is 9.59 Å². The molecule has 0 saturated heterocycles. The molecule has 1 amide bonds. The Morgan fingerprint density at radius 3 is 2.08 bits per heavy atom. The fourth-order valence-corrected chi connectivity index (χ4v) is 4.34. The first-order valence-electron chi connectivity index (χ1n) is 11.9. The minimum absolute atomic E-state index is 0.0555. The highest BCUT2D eigenvalue weighted by Gasteiger charge is 2.33. The first-order chi connectivity index (χ1) is 18.4. The predicted molar refractivity (Wildman–Crippen MR) is 145 cm³/mol. The van der Waals surface area contributed by atoms with Crippen LogP contribution < -0.4 is 5.32 Å². The maximum Gasteiger partial charge on any atom is 0.339 e. The standard InChI is InChI=1S/C30H24N4O4/c1-18-14-16-21(17-15-18)31-29(36)27(35)25-24(30(37)38-3)23-19(2)33-34(22-12-8-5-9-13-22)28(23)32-26(25)20-10-6-4-7-11-20/h4-17H,1-3H3,(H,31,36). The molecule has 8 heteroatoms. The molecule has 5 aromatic rings. The minimum atomic E-state index is -0.911. The molecular formula is C30H24N4O4. The predicted octanol–water partition coefficient (Wildman–Crippen LogP) is 5.31. The number of pyridine rings is 1. The Labute approximate surface area is 218 Å². The van der Waals surface area contributed by atoms with E-state index in [1.54, 1.807) is 48.0 Å². The van der Waals surface area contributed by atoms with Gasteiger partial charge in [-0.05, 0) is 38.1 Å². The molecule has 0 aliphatic heterocycles. The number of ether oxygens (including phenoxy) is 1. The summed E-state index contributed by atoms with van der Waals surface area (Å²) in [7, 11) is 1.23. The maximum atomic E-state index is 13.8. The van der Waals surface area contributed by atoms with E-state index >= 15 is 0 Å². The van der Waals surface area contributed by atoms with E-state index in [2.05, 4.69) is 10.4 Å². The number of ketones is 1. The van der Waals surface area contributed by atoms with Gasteiger partial charge in [-0.2, -0.15) is 5.10 Å². The zero-order valence-corrected chi connectivity index (χ0v) is 21.1. The Kier molecular flexibility index (Phi) is 6.53. The van der Waals surface area contributed by atoms with E-state index in [1.165, 1.54) is 7.11 Å². The van der Waals surface area contributed by atoms with Crippen LogP contribution in [-0.4, -0.2) is 39.5 Å². The van der Waals surface area contributed by atoms with E-state index in [0.29, 0.717) is 28.0 Å². The zero-order valence-electron chi connectivity index (χ0n) is 21.1. The van der Waals surface area contributed by atoms with Crippen molar-refractivity contribution in [3.05, 3.63) is 107 Å². The number of rotatable bonds is 6. The van der Waals surface area contributed by atoms with Crippen LogP contribution in [0.1, 0.15) is 32.0 Å². The highest BCUT2D eigenvalue weighted by molar-refractivity contribution is 6.49. The molecule has 0 bridgehead atoms. The third-order valence-electron chi connectivity index (χ3n) is 6.17. The molecule has 0 spiro atoms. The van der Waals surface area contributed by atoms with Gasteiger partial charge in [0.05, 0.1) is 40.7 Å². The molecule has 8 nitrogen and oxygen atoms in total. The van der Waals surface area contributed by atoms with Crippen LogP contribution in [0.4, 0.5) is 5.69 Å². The number of aryl methyl sites for hydroxylation is 2. The van der Waals surface area contributed by atoms with Crippen LogP contribution in [0.3, 0.4) is 0 Å². The minimum Gasteiger partial charge on any atom is -0.465 e. The summed E-state index contributed by atoms with van der Waals surface area (Å²) in [6, 6.07) is 25.3. The summed E-state index contributed by atoms with van der Waals surface area (Å²) in [6.07, 6.45) is 0. The van der Waals surface area contributed by atoms with Gasteiger partial charge in [0, 0.05) is 11.3 Å². The van der Waals surface area contributed by atoms with Crippen LogP contribution in [0, 0.1) is 13.8 Å². The van der Waals surface area contributed by atoms with E-state index in [-0.39, 0.29) is 16.8 Å². The molecule has 1 N–H and O–H groups in total. The van der Waals surface area contributed by atoms with Crippen molar-refractivity contribution in [2.75, 3.05) is 12.4 Å². The number of nitrogens with one attached hydrogen (secondary N) is 1. The van der Waals surface area contributed by atoms with Crippen molar-refractivity contribution in [1.82, 2.24) is 14.8 Å². The number of para-hydroxylation sites is 1. The molecule has 0 saturated carbocycles. The summed E-state index contributed by atoms with van der Waals surface area (Å²) in [5, 5.41) is 7.60. The van der Waals surface area contributed by atoms with Crippen molar-refractivity contribution in [1.29, 1.82) is 0 Å². The number of carbonyl (C=O) groups is 3. The highest BCUT2D eigenvalue weighted by atomic mass is 16.5. The van der Waals surface area contributed by atoms with Crippen molar-refractivity contribution < 1.29 is 19.1 Å². The van der Waals surface area contributed by atoms with Crippen molar-refractivity contribution in [3.63, 3.8) is 0 Å². The van der Waals surface area contributed by atoms with Crippen LogP contribution in [0.25, 0.3) is 28.0 Å². The molecule has 0 aliphatic carbocycles. The monoisotopic (exact) mass is 504 g/mol. The van der Waals surface area contributed by atoms with Crippen molar-refractivity contribution in [2.24, 2.45) is 0 Å². The molecule has 5 rings (SSSR count). The lowest BCUT2D eigenvalue weighted by atomic mass is 9.94. The number of carbonyl (C=O) groups excluding carboxylic acids is 3. The van der Waals surface area contributed by atoms with Crippen LogP contribution in [0.2, 0.25) is 0 Å². The molecular weight excluding hydrogens is 480 g/mol. The molecule has 188 valence electrons.